The van der Waals surface area contributed by atoms with Crippen molar-refractivity contribution in [1.29, 1.82) is 0 Å². The van der Waals surface area contributed by atoms with E-state index in [0.717, 1.165) is 36.3 Å². The van der Waals surface area contributed by atoms with Gasteiger partial charge in [-0.15, -0.1) is 24.2 Å². The van der Waals surface area contributed by atoms with E-state index in [1.54, 1.807) is 11.0 Å². The van der Waals surface area contributed by atoms with E-state index in [9.17, 15) is 34.0 Å². The minimum Gasteiger partial charge on any atom is -0.458 e. The molecule has 0 aliphatic carbocycles. The number of oxime groups is 1. The second-order valence-corrected chi connectivity index (χ2v) is 12.0. The van der Waals surface area contributed by atoms with Crippen molar-refractivity contribution >= 4 is 82.0 Å². The molecule has 3 atom stereocenters. The smallest absolute Gasteiger partial charge is 0.355 e. The third-order valence-electron chi connectivity index (χ3n) is 7.23. The Bertz CT molecular complexity index is 1510. The lowest BCUT2D eigenvalue weighted by Crippen LogP contribution is -2.71. The van der Waals surface area contributed by atoms with Crippen molar-refractivity contribution in [3.63, 3.8) is 0 Å². The molecule has 5 heterocycles. The largest absolute Gasteiger partial charge is 0.458 e. The van der Waals surface area contributed by atoms with E-state index >= 15 is 0 Å². The van der Waals surface area contributed by atoms with Crippen LogP contribution < -0.4 is 16.4 Å². The van der Waals surface area contributed by atoms with Crippen LogP contribution in [0.3, 0.4) is 0 Å². The van der Waals surface area contributed by atoms with Gasteiger partial charge >= 0.3 is 11.9 Å². The SMILES string of the molecule is CC(=O)OCC(=O)COC(=O)C1=C(C=C2CCN([C@@H]3CCNC3)C2=O)CS[C@@H]2[C@H](NC(=O)C(=NO)c3nsc(N)n3)C(=O)N12.Cl. The number of aromatic nitrogens is 2. The van der Waals surface area contributed by atoms with Gasteiger partial charge in [0, 0.05) is 48.9 Å². The Morgan fingerprint density at radius 2 is 2.00 bits per heavy atom. The minimum atomic E-state index is -1.12. The number of likely N-dealkylation sites (tertiary alicyclic amines) is 1. The first-order valence-corrected chi connectivity index (χ1v) is 15.3. The summed E-state index contributed by atoms with van der Waals surface area (Å²) in [4.78, 5) is 82.6. The number of carbonyl (C=O) groups excluding carboxylic acids is 6. The van der Waals surface area contributed by atoms with Gasteiger partial charge in [-0.1, -0.05) is 5.16 Å². The predicted octanol–water partition coefficient (Wildman–Crippen LogP) is -1.43. The molecule has 0 saturated carbocycles. The molecule has 20 heteroatoms. The highest BCUT2D eigenvalue weighted by atomic mass is 35.5. The second kappa shape index (κ2) is 14.4. The minimum absolute atomic E-state index is 0. The Morgan fingerprint density at radius 3 is 2.64 bits per heavy atom. The zero-order chi connectivity index (χ0) is 31.5. The van der Waals surface area contributed by atoms with Crippen molar-refractivity contribution in [1.82, 2.24) is 29.8 Å². The number of ether oxygens (including phenoxy) is 2. The van der Waals surface area contributed by atoms with Gasteiger partial charge in [0.05, 0.1) is 0 Å². The lowest BCUT2D eigenvalue weighted by atomic mass is 10.0. The number of ketones is 1. The fourth-order valence-corrected chi connectivity index (χ4v) is 6.89. The van der Waals surface area contributed by atoms with Crippen LogP contribution in [0.5, 0.6) is 0 Å². The van der Waals surface area contributed by atoms with Crippen LogP contribution in [0, 0.1) is 0 Å². The van der Waals surface area contributed by atoms with Crippen molar-refractivity contribution in [2.75, 3.05) is 44.3 Å². The number of thioether (sulfide) groups is 1. The van der Waals surface area contributed by atoms with E-state index in [4.69, 9.17) is 10.5 Å². The van der Waals surface area contributed by atoms with Crippen LogP contribution in [-0.4, -0.2) is 122 Å². The average molecular weight is 685 g/mol. The Hall–Kier alpha value is -4.07. The molecule has 5 rings (SSSR count). The number of esters is 2. The summed E-state index contributed by atoms with van der Waals surface area (Å²) in [6.45, 7) is 1.85. The summed E-state index contributed by atoms with van der Waals surface area (Å²) in [6, 6.07) is -1.05. The van der Waals surface area contributed by atoms with Crippen molar-refractivity contribution in [3.8, 4) is 0 Å². The van der Waals surface area contributed by atoms with Crippen molar-refractivity contribution < 1.29 is 43.4 Å². The van der Waals surface area contributed by atoms with Crippen LogP contribution in [0.25, 0.3) is 0 Å². The van der Waals surface area contributed by atoms with E-state index < -0.39 is 59.9 Å². The van der Waals surface area contributed by atoms with Crippen molar-refractivity contribution in [2.45, 2.75) is 37.2 Å². The summed E-state index contributed by atoms with van der Waals surface area (Å²) in [5, 5.41) is 17.3. The molecule has 0 aromatic carbocycles. The number of amides is 3. The molecule has 3 fully saturated rings. The van der Waals surface area contributed by atoms with E-state index in [2.05, 4.69) is 29.9 Å². The van der Waals surface area contributed by atoms with Crippen molar-refractivity contribution in [3.05, 3.63) is 28.7 Å². The van der Waals surface area contributed by atoms with Gasteiger partial charge in [0.2, 0.25) is 23.2 Å². The van der Waals surface area contributed by atoms with Gasteiger partial charge in [-0.05, 0) is 31.0 Å². The monoisotopic (exact) mass is 684 g/mol. The van der Waals surface area contributed by atoms with Crippen LogP contribution in [-0.2, 0) is 38.2 Å². The number of Topliss-reactive ketones (excluding diaryl/α,β-unsaturated/α-hetero) is 1. The molecule has 0 radical (unpaired) electrons. The fraction of sp³-hybridized carbons (Fsp3) is 0.480. The number of nitrogens with zero attached hydrogens (tertiary/aromatic N) is 5. The summed E-state index contributed by atoms with van der Waals surface area (Å²) in [7, 11) is 0. The fourth-order valence-electron chi connectivity index (χ4n) is 5.15. The zero-order valence-electron chi connectivity index (χ0n) is 23.7. The number of carbonyl (C=O) groups is 6. The van der Waals surface area contributed by atoms with E-state index in [1.165, 1.54) is 11.8 Å². The second-order valence-electron chi connectivity index (χ2n) is 10.1. The third-order valence-corrected chi connectivity index (χ3v) is 9.07. The maximum Gasteiger partial charge on any atom is 0.355 e. The van der Waals surface area contributed by atoms with E-state index in [1.807, 2.05) is 0 Å². The van der Waals surface area contributed by atoms with Crippen LogP contribution in [0.15, 0.2) is 28.1 Å². The van der Waals surface area contributed by atoms with Crippen LogP contribution in [0.4, 0.5) is 5.13 Å². The number of allylic oxidation sites excluding steroid dienone is 1. The highest BCUT2D eigenvalue weighted by molar-refractivity contribution is 8.00. The Kier molecular flexibility index (Phi) is 10.8. The summed E-state index contributed by atoms with van der Waals surface area (Å²) >= 11 is 2.01. The normalized spacial score (nSPS) is 23.8. The number of halogens is 1. The number of rotatable bonds is 10. The number of nitrogen functional groups attached to an aromatic ring is 1. The van der Waals surface area contributed by atoms with Gasteiger partial charge in [-0.25, -0.2) is 4.79 Å². The maximum atomic E-state index is 13.4. The van der Waals surface area contributed by atoms with Crippen LogP contribution in [0.2, 0.25) is 0 Å². The molecule has 45 heavy (non-hydrogen) atoms. The molecular weight excluding hydrogens is 656 g/mol. The highest BCUT2D eigenvalue weighted by Crippen LogP contribution is 2.42. The summed E-state index contributed by atoms with van der Waals surface area (Å²) in [5.74, 6) is -4.21. The molecule has 0 bridgehead atoms. The first-order chi connectivity index (χ1) is 21.1. The summed E-state index contributed by atoms with van der Waals surface area (Å²) in [5.41, 5.74) is 5.63. The third kappa shape index (κ3) is 7.10. The molecule has 4 aliphatic heterocycles. The first kappa shape index (κ1) is 33.8. The Labute approximate surface area is 270 Å². The lowest BCUT2D eigenvalue weighted by Gasteiger charge is -2.49. The lowest BCUT2D eigenvalue weighted by molar-refractivity contribution is -0.155. The topological polar surface area (TPSA) is 236 Å². The molecule has 17 nitrogen and oxygen atoms in total. The number of hydrogen-bond donors (Lipinski definition) is 4. The molecule has 4 aliphatic rings. The van der Waals surface area contributed by atoms with Crippen LogP contribution in [0.1, 0.15) is 25.6 Å². The number of hydrogen-bond acceptors (Lipinski definition) is 16. The summed E-state index contributed by atoms with van der Waals surface area (Å²) < 4.78 is 13.7. The van der Waals surface area contributed by atoms with Gasteiger partial charge in [0.15, 0.2) is 18.3 Å². The van der Waals surface area contributed by atoms with E-state index in [0.29, 0.717) is 30.7 Å². The molecule has 3 saturated heterocycles. The summed E-state index contributed by atoms with van der Waals surface area (Å²) in [6.07, 6.45) is 2.86. The maximum absolute atomic E-state index is 13.4. The van der Waals surface area contributed by atoms with Gasteiger partial charge in [-0.2, -0.15) is 9.36 Å². The Balaban J connectivity index is 0.00000461. The Morgan fingerprint density at radius 1 is 1.24 bits per heavy atom. The predicted molar refractivity (Wildman–Crippen MR) is 160 cm³/mol. The number of nitrogens with two attached hydrogens (primary N) is 1. The van der Waals surface area contributed by atoms with Gasteiger partial charge < -0.3 is 35.9 Å². The standard InChI is InChI=1S/C25H28N8O9S2.ClH/c1-11(34)41-8-15(35)9-42-24(39)18-13(6-12-3-5-32(21(12)37)14-2-4-27-7-14)10-43-23-17(22(38)33(18)23)28-20(36)16(30-40)19-29-25(26)44-31-19;/h6,14,17,23,27,40H,2-5,7-10H2,1H3,(H,28,36)(H2,26,29,31);1H/t14-,17-,23-;/m1./s1. The molecule has 0 unspecified atom stereocenters. The zero-order valence-corrected chi connectivity index (χ0v) is 26.2. The molecule has 1 aromatic rings. The van der Waals surface area contributed by atoms with Gasteiger partial charge in [0.25, 0.3) is 11.8 Å². The number of β-lactam (4-membered cyclic amide) rings is 1. The average Bonchev–Trinajstić information content (AvgIpc) is 3.76. The van der Waals surface area contributed by atoms with Crippen LogP contribution >= 0.6 is 35.7 Å². The quantitative estimate of drug-likeness (QED) is 0.0552. The number of nitrogens with one attached hydrogen (secondary N) is 2. The molecule has 5 N–H and O–H groups in total. The first-order valence-electron chi connectivity index (χ1n) is 13.4. The highest BCUT2D eigenvalue weighted by Gasteiger charge is 2.55. The van der Waals surface area contributed by atoms with Crippen molar-refractivity contribution in [2.24, 2.45) is 5.16 Å². The van der Waals surface area contributed by atoms with Gasteiger partial charge in [-0.3, -0.25) is 28.9 Å². The number of fused-ring (bicyclic) bond motifs is 1. The van der Waals surface area contributed by atoms with Gasteiger partial charge in [0.1, 0.15) is 17.1 Å². The molecule has 1 aromatic heterocycles. The molecular formula is C25H29ClN8O9S2. The van der Waals surface area contributed by atoms with E-state index in [-0.39, 0.29) is 46.8 Å². The number of anilines is 1. The molecule has 242 valence electrons. The molecule has 0 spiro atoms. The molecule has 3 amide bonds.